The van der Waals surface area contributed by atoms with E-state index in [2.05, 4.69) is 10.1 Å². The largest absolute Gasteiger partial charge is 0.486 e. The molecule has 0 heterocycles. The van der Waals surface area contributed by atoms with Crippen molar-refractivity contribution >= 4 is 11.8 Å². The minimum Gasteiger partial charge on any atom is -0.486 e. The van der Waals surface area contributed by atoms with E-state index in [0.717, 1.165) is 35.1 Å². The highest BCUT2D eigenvalue weighted by Crippen LogP contribution is 2.27. The fourth-order valence-electron chi connectivity index (χ4n) is 2.75. The van der Waals surface area contributed by atoms with Crippen LogP contribution < -0.4 is 10.1 Å². The first-order valence-electron chi connectivity index (χ1n) is 8.37. The van der Waals surface area contributed by atoms with Gasteiger partial charge in [0.1, 0.15) is 6.61 Å². The Kier molecular flexibility index (Phi) is 6.39. The Bertz CT molecular complexity index is 759. The molecule has 0 atom stereocenters. The van der Waals surface area contributed by atoms with Crippen molar-refractivity contribution in [3.8, 4) is 5.75 Å². The van der Waals surface area contributed by atoms with Crippen molar-refractivity contribution in [2.75, 3.05) is 12.4 Å². The maximum absolute atomic E-state index is 14.3. The summed E-state index contributed by atoms with van der Waals surface area (Å²) in [4.78, 5) is 11.5. The number of hydrogen-bond donors (Lipinski definition) is 1. The lowest BCUT2D eigenvalue weighted by atomic mass is 10.0. The van der Waals surface area contributed by atoms with Gasteiger partial charge >= 0.3 is 6.09 Å². The summed E-state index contributed by atoms with van der Waals surface area (Å²) in [5, 5.41) is 2.68. The van der Waals surface area contributed by atoms with E-state index in [4.69, 9.17) is 4.74 Å². The third kappa shape index (κ3) is 4.50. The highest BCUT2D eigenvalue weighted by molar-refractivity contribution is 5.85. The average Bonchev–Trinajstić information content (AvgIpc) is 2.62. The van der Waals surface area contributed by atoms with E-state index in [0.29, 0.717) is 5.69 Å². The number of carbonyl (C=O) groups is 1. The predicted molar refractivity (Wildman–Crippen MR) is 96.7 cm³/mol. The third-order valence-electron chi connectivity index (χ3n) is 4.22. The maximum atomic E-state index is 14.3. The summed E-state index contributed by atoms with van der Waals surface area (Å²) in [6, 6.07) is 8.83. The molecule has 2 rings (SSSR count). The van der Waals surface area contributed by atoms with Crippen LogP contribution in [0.4, 0.5) is 14.9 Å². The number of amides is 1. The van der Waals surface area contributed by atoms with Crippen LogP contribution in [0.5, 0.6) is 5.75 Å². The van der Waals surface area contributed by atoms with E-state index >= 15 is 0 Å². The minimum absolute atomic E-state index is 0.158. The Balaban J connectivity index is 2.28. The molecule has 5 heteroatoms. The summed E-state index contributed by atoms with van der Waals surface area (Å²) in [6.45, 7) is 6.10. The zero-order valence-electron chi connectivity index (χ0n) is 15.1. The van der Waals surface area contributed by atoms with Gasteiger partial charge in [-0.2, -0.15) is 0 Å². The lowest BCUT2D eigenvalue weighted by Gasteiger charge is -2.16. The molecule has 134 valence electrons. The van der Waals surface area contributed by atoms with Gasteiger partial charge in [0.15, 0.2) is 11.6 Å². The molecular weight excluding hydrogens is 321 g/mol. The molecule has 25 heavy (non-hydrogen) atoms. The van der Waals surface area contributed by atoms with Crippen LogP contribution in [0, 0.1) is 12.7 Å². The van der Waals surface area contributed by atoms with Crippen molar-refractivity contribution in [2.45, 2.75) is 40.2 Å². The normalized spacial score (nSPS) is 10.4. The van der Waals surface area contributed by atoms with Crippen molar-refractivity contribution in [3.05, 3.63) is 58.4 Å². The van der Waals surface area contributed by atoms with E-state index in [-0.39, 0.29) is 18.2 Å². The second-order valence-corrected chi connectivity index (χ2v) is 5.76. The van der Waals surface area contributed by atoms with Crippen LogP contribution in [0.3, 0.4) is 0 Å². The van der Waals surface area contributed by atoms with Gasteiger partial charge in [0.25, 0.3) is 0 Å². The molecule has 0 aromatic heterocycles. The number of halogens is 1. The number of nitrogens with one attached hydrogen (secondary N) is 1. The molecule has 0 spiro atoms. The van der Waals surface area contributed by atoms with Gasteiger partial charge in [0.2, 0.25) is 0 Å². The SMILES string of the molecule is CCc1cc(F)c(OCc2c(CC)cccc2NC(=O)OC)cc1C. The van der Waals surface area contributed by atoms with Crippen LogP contribution in [-0.2, 0) is 24.2 Å². The Morgan fingerprint density at radius 3 is 2.52 bits per heavy atom. The number of benzene rings is 2. The molecule has 0 aliphatic carbocycles. The molecule has 0 radical (unpaired) electrons. The zero-order valence-corrected chi connectivity index (χ0v) is 15.1. The highest BCUT2D eigenvalue weighted by atomic mass is 19.1. The number of anilines is 1. The molecule has 0 unspecified atom stereocenters. The van der Waals surface area contributed by atoms with Crippen LogP contribution in [0.2, 0.25) is 0 Å². The van der Waals surface area contributed by atoms with Gasteiger partial charge in [0, 0.05) is 5.56 Å². The van der Waals surface area contributed by atoms with E-state index in [1.165, 1.54) is 13.2 Å². The minimum atomic E-state index is -0.552. The van der Waals surface area contributed by atoms with E-state index in [9.17, 15) is 9.18 Å². The Morgan fingerprint density at radius 1 is 1.16 bits per heavy atom. The van der Waals surface area contributed by atoms with Crippen LogP contribution in [-0.4, -0.2) is 13.2 Å². The second-order valence-electron chi connectivity index (χ2n) is 5.76. The molecule has 1 N–H and O–H groups in total. The van der Waals surface area contributed by atoms with Gasteiger partial charge in [0.05, 0.1) is 12.8 Å². The van der Waals surface area contributed by atoms with Gasteiger partial charge in [-0.15, -0.1) is 0 Å². The fraction of sp³-hybridized carbons (Fsp3) is 0.350. The van der Waals surface area contributed by atoms with E-state index in [1.54, 1.807) is 12.1 Å². The molecule has 0 aliphatic rings. The van der Waals surface area contributed by atoms with Crippen molar-refractivity contribution in [1.29, 1.82) is 0 Å². The topological polar surface area (TPSA) is 47.6 Å². The smallest absolute Gasteiger partial charge is 0.411 e. The molecule has 0 aliphatic heterocycles. The maximum Gasteiger partial charge on any atom is 0.411 e. The summed E-state index contributed by atoms with van der Waals surface area (Å²) in [5.74, 6) is -0.163. The summed E-state index contributed by atoms with van der Waals surface area (Å²) >= 11 is 0. The first-order valence-corrected chi connectivity index (χ1v) is 8.37. The van der Waals surface area contributed by atoms with Gasteiger partial charge in [-0.3, -0.25) is 5.32 Å². The first kappa shape index (κ1) is 18.8. The van der Waals surface area contributed by atoms with Crippen molar-refractivity contribution < 1.29 is 18.7 Å². The van der Waals surface area contributed by atoms with Gasteiger partial charge < -0.3 is 9.47 Å². The predicted octanol–water partition coefficient (Wildman–Crippen LogP) is 5.02. The van der Waals surface area contributed by atoms with E-state index in [1.807, 2.05) is 32.9 Å². The summed E-state index contributed by atoms with van der Waals surface area (Å²) in [5.41, 5.74) is 4.40. The number of aryl methyl sites for hydroxylation is 3. The van der Waals surface area contributed by atoms with E-state index < -0.39 is 6.09 Å². The number of methoxy groups -OCH3 is 1. The lowest BCUT2D eigenvalue weighted by molar-refractivity contribution is 0.187. The molecule has 0 fully saturated rings. The Hall–Kier alpha value is -2.56. The zero-order chi connectivity index (χ0) is 18.4. The van der Waals surface area contributed by atoms with Crippen LogP contribution in [0.1, 0.15) is 36.1 Å². The molecule has 4 nitrogen and oxygen atoms in total. The quantitative estimate of drug-likeness (QED) is 0.800. The third-order valence-corrected chi connectivity index (χ3v) is 4.22. The first-order chi connectivity index (χ1) is 12.0. The van der Waals surface area contributed by atoms with Crippen molar-refractivity contribution in [3.63, 3.8) is 0 Å². The molecule has 0 bridgehead atoms. The second kappa shape index (κ2) is 8.51. The fourth-order valence-corrected chi connectivity index (χ4v) is 2.75. The summed E-state index contributed by atoms with van der Waals surface area (Å²) in [6.07, 6.45) is 0.990. The lowest BCUT2D eigenvalue weighted by Crippen LogP contribution is -2.14. The van der Waals surface area contributed by atoms with Crippen molar-refractivity contribution in [2.24, 2.45) is 0 Å². The average molecular weight is 345 g/mol. The van der Waals surface area contributed by atoms with Gasteiger partial charge in [-0.25, -0.2) is 9.18 Å². The summed E-state index contributed by atoms with van der Waals surface area (Å²) in [7, 11) is 1.31. The van der Waals surface area contributed by atoms with Crippen molar-refractivity contribution in [1.82, 2.24) is 0 Å². The molecule has 2 aromatic carbocycles. The van der Waals surface area contributed by atoms with Crippen LogP contribution >= 0.6 is 0 Å². The Morgan fingerprint density at radius 2 is 1.88 bits per heavy atom. The highest BCUT2D eigenvalue weighted by Gasteiger charge is 2.13. The number of hydrogen-bond acceptors (Lipinski definition) is 3. The van der Waals surface area contributed by atoms with Crippen LogP contribution in [0.15, 0.2) is 30.3 Å². The molecule has 2 aromatic rings. The number of ether oxygens (including phenoxy) is 2. The summed E-state index contributed by atoms with van der Waals surface area (Å²) < 4.78 is 24.6. The number of carbonyl (C=O) groups excluding carboxylic acids is 1. The number of rotatable bonds is 6. The molecule has 0 saturated heterocycles. The monoisotopic (exact) mass is 345 g/mol. The van der Waals surface area contributed by atoms with Crippen LogP contribution in [0.25, 0.3) is 0 Å². The standard InChI is InChI=1S/C20H24FNO3/c1-5-14-8-7-9-18(22-20(23)24-4)16(14)12-25-19-10-13(3)15(6-2)11-17(19)21/h7-11H,5-6,12H2,1-4H3,(H,22,23). The molecular formula is C20H24FNO3. The van der Waals surface area contributed by atoms with Gasteiger partial charge in [-0.1, -0.05) is 26.0 Å². The molecule has 1 amide bonds. The van der Waals surface area contributed by atoms with Gasteiger partial charge in [-0.05, 0) is 54.7 Å². The molecule has 0 saturated carbocycles. The Labute approximate surface area is 148 Å².